The van der Waals surface area contributed by atoms with Gasteiger partial charge in [0.1, 0.15) is 0 Å². The Bertz CT molecular complexity index is 963. The van der Waals surface area contributed by atoms with Crippen molar-refractivity contribution in [2.75, 3.05) is 6.54 Å². The van der Waals surface area contributed by atoms with Crippen molar-refractivity contribution in [1.82, 2.24) is 9.88 Å². The number of carbonyl (C=O) groups is 1. The molecule has 26 heavy (non-hydrogen) atoms. The maximum absolute atomic E-state index is 13.4. The summed E-state index contributed by atoms with van der Waals surface area (Å²) in [4.78, 5) is 20.3. The summed E-state index contributed by atoms with van der Waals surface area (Å²) in [5.74, 6) is 0.130. The van der Waals surface area contributed by atoms with Crippen LogP contribution in [0.1, 0.15) is 42.1 Å². The van der Waals surface area contributed by atoms with Gasteiger partial charge in [-0.05, 0) is 50.8 Å². The van der Waals surface area contributed by atoms with E-state index in [9.17, 15) is 4.79 Å². The second-order valence-electron chi connectivity index (χ2n) is 7.23. The van der Waals surface area contributed by atoms with E-state index in [0.29, 0.717) is 6.04 Å². The highest BCUT2D eigenvalue weighted by Crippen LogP contribution is 2.29. The summed E-state index contributed by atoms with van der Waals surface area (Å²) in [5.41, 5.74) is 4.76. The largest absolute Gasteiger partial charge is 0.336 e. The highest BCUT2D eigenvalue weighted by Gasteiger charge is 2.26. The number of pyridine rings is 1. The molecule has 0 radical (unpaired) electrons. The zero-order valence-corrected chi connectivity index (χ0v) is 15.4. The molecule has 0 spiro atoms. The maximum Gasteiger partial charge on any atom is 0.254 e. The second-order valence-corrected chi connectivity index (χ2v) is 7.23. The Kier molecular flexibility index (Phi) is 4.46. The standard InChI is InChI=1S/C23H24N2O/c1-16-9-3-4-11-18(16)22-15-20(19-12-5-6-13-21(19)24-22)23(26)25-14-8-7-10-17(25)2/h3-6,9,11-13,15,17H,7-8,10,14H2,1-2H3. The zero-order chi connectivity index (χ0) is 18.1. The number of benzene rings is 2. The summed E-state index contributed by atoms with van der Waals surface area (Å²) in [6, 6.07) is 18.4. The minimum atomic E-state index is 0.130. The number of hydrogen-bond donors (Lipinski definition) is 0. The van der Waals surface area contributed by atoms with Crippen LogP contribution in [0.3, 0.4) is 0 Å². The first-order chi connectivity index (χ1) is 12.6. The summed E-state index contributed by atoms with van der Waals surface area (Å²) in [6.45, 7) is 5.08. The highest BCUT2D eigenvalue weighted by molar-refractivity contribution is 6.07. The van der Waals surface area contributed by atoms with E-state index in [4.69, 9.17) is 4.98 Å². The molecule has 1 aliphatic heterocycles. The van der Waals surface area contributed by atoms with Gasteiger partial charge in [-0.25, -0.2) is 4.98 Å². The van der Waals surface area contributed by atoms with Crippen molar-refractivity contribution in [3.8, 4) is 11.3 Å². The van der Waals surface area contributed by atoms with Gasteiger partial charge in [0.25, 0.3) is 5.91 Å². The summed E-state index contributed by atoms with van der Waals surface area (Å²) in [5, 5.41) is 0.938. The number of carbonyl (C=O) groups excluding carboxylic acids is 1. The van der Waals surface area contributed by atoms with Crippen LogP contribution in [0.15, 0.2) is 54.6 Å². The number of aryl methyl sites for hydroxylation is 1. The van der Waals surface area contributed by atoms with Crippen LogP contribution in [0.2, 0.25) is 0 Å². The van der Waals surface area contributed by atoms with E-state index in [-0.39, 0.29) is 5.91 Å². The number of nitrogens with zero attached hydrogens (tertiary/aromatic N) is 2. The third kappa shape index (κ3) is 2.98. The van der Waals surface area contributed by atoms with Crippen LogP contribution in [0.5, 0.6) is 0 Å². The molecule has 2 aromatic carbocycles. The molecule has 1 aromatic heterocycles. The number of piperidine rings is 1. The molecule has 0 aliphatic carbocycles. The first kappa shape index (κ1) is 16.8. The van der Waals surface area contributed by atoms with E-state index in [1.165, 1.54) is 12.0 Å². The Labute approximate surface area is 154 Å². The summed E-state index contributed by atoms with van der Waals surface area (Å²) in [7, 11) is 0. The minimum Gasteiger partial charge on any atom is -0.336 e. The molecular formula is C23H24N2O. The van der Waals surface area contributed by atoms with E-state index < -0.39 is 0 Å². The van der Waals surface area contributed by atoms with Crippen molar-refractivity contribution < 1.29 is 4.79 Å². The average molecular weight is 344 g/mol. The number of amides is 1. The number of fused-ring (bicyclic) bond motifs is 1. The van der Waals surface area contributed by atoms with Crippen LogP contribution < -0.4 is 0 Å². The molecule has 1 fully saturated rings. The van der Waals surface area contributed by atoms with Gasteiger partial charge in [0.05, 0.1) is 16.8 Å². The molecule has 3 heteroatoms. The molecule has 1 amide bonds. The molecule has 4 rings (SSSR count). The topological polar surface area (TPSA) is 33.2 Å². The van der Waals surface area contributed by atoms with Gasteiger partial charge in [0.2, 0.25) is 0 Å². The fourth-order valence-corrected chi connectivity index (χ4v) is 3.91. The molecule has 1 saturated heterocycles. The first-order valence-electron chi connectivity index (χ1n) is 9.42. The Hall–Kier alpha value is -2.68. The smallest absolute Gasteiger partial charge is 0.254 e. The molecule has 3 nitrogen and oxygen atoms in total. The molecule has 1 aliphatic rings. The van der Waals surface area contributed by atoms with Crippen LogP contribution in [-0.4, -0.2) is 28.4 Å². The van der Waals surface area contributed by atoms with Crippen LogP contribution in [0, 0.1) is 6.92 Å². The van der Waals surface area contributed by atoms with Gasteiger partial charge in [-0.15, -0.1) is 0 Å². The first-order valence-corrected chi connectivity index (χ1v) is 9.42. The van der Waals surface area contributed by atoms with Crippen LogP contribution >= 0.6 is 0 Å². The van der Waals surface area contributed by atoms with Crippen molar-refractivity contribution in [1.29, 1.82) is 0 Å². The Balaban J connectivity index is 1.88. The van der Waals surface area contributed by atoms with Crippen LogP contribution in [0.25, 0.3) is 22.2 Å². The zero-order valence-electron chi connectivity index (χ0n) is 15.4. The predicted molar refractivity (Wildman–Crippen MR) is 106 cm³/mol. The minimum absolute atomic E-state index is 0.130. The fraction of sp³-hybridized carbons (Fsp3) is 0.304. The van der Waals surface area contributed by atoms with E-state index >= 15 is 0 Å². The number of likely N-dealkylation sites (tertiary alicyclic amines) is 1. The van der Waals surface area contributed by atoms with E-state index in [2.05, 4.69) is 26.0 Å². The van der Waals surface area contributed by atoms with Gasteiger partial charge in [0.15, 0.2) is 0 Å². The summed E-state index contributed by atoms with van der Waals surface area (Å²) < 4.78 is 0. The molecule has 0 N–H and O–H groups in total. The Morgan fingerprint density at radius 3 is 2.65 bits per heavy atom. The van der Waals surface area contributed by atoms with Crippen LogP contribution in [-0.2, 0) is 0 Å². The number of para-hydroxylation sites is 1. The monoisotopic (exact) mass is 344 g/mol. The highest BCUT2D eigenvalue weighted by atomic mass is 16.2. The molecule has 0 saturated carbocycles. The van der Waals surface area contributed by atoms with Gasteiger partial charge < -0.3 is 4.90 Å². The van der Waals surface area contributed by atoms with Crippen LogP contribution in [0.4, 0.5) is 0 Å². The average Bonchev–Trinajstić information content (AvgIpc) is 2.67. The quantitative estimate of drug-likeness (QED) is 0.638. The van der Waals surface area contributed by atoms with Crippen molar-refractivity contribution in [2.24, 2.45) is 0 Å². The second kappa shape index (κ2) is 6.91. The lowest BCUT2D eigenvalue weighted by molar-refractivity contribution is 0.0637. The Morgan fingerprint density at radius 1 is 1.08 bits per heavy atom. The molecule has 0 bridgehead atoms. The van der Waals surface area contributed by atoms with Gasteiger partial charge >= 0.3 is 0 Å². The molecule has 1 atom stereocenters. The molecule has 2 heterocycles. The lowest BCUT2D eigenvalue weighted by atomic mass is 9.98. The SMILES string of the molecule is Cc1ccccc1-c1cc(C(=O)N2CCCCC2C)c2ccccc2n1. The van der Waals surface area contributed by atoms with Gasteiger partial charge in [0, 0.05) is 23.5 Å². The van der Waals surface area contributed by atoms with Crippen molar-refractivity contribution in [2.45, 2.75) is 39.2 Å². The van der Waals surface area contributed by atoms with Gasteiger partial charge in [-0.3, -0.25) is 4.79 Å². The number of rotatable bonds is 2. The normalized spacial score (nSPS) is 17.5. The maximum atomic E-state index is 13.4. The summed E-state index contributed by atoms with van der Waals surface area (Å²) in [6.07, 6.45) is 3.37. The number of hydrogen-bond acceptors (Lipinski definition) is 2. The van der Waals surface area contributed by atoms with E-state index in [1.807, 2.05) is 47.4 Å². The number of aromatic nitrogens is 1. The van der Waals surface area contributed by atoms with E-state index in [1.54, 1.807) is 0 Å². The lowest BCUT2D eigenvalue weighted by Crippen LogP contribution is -2.42. The van der Waals surface area contributed by atoms with E-state index in [0.717, 1.165) is 47.1 Å². The van der Waals surface area contributed by atoms with Crippen molar-refractivity contribution >= 4 is 16.8 Å². The molecule has 132 valence electrons. The van der Waals surface area contributed by atoms with Crippen molar-refractivity contribution in [3.63, 3.8) is 0 Å². The van der Waals surface area contributed by atoms with Crippen molar-refractivity contribution in [3.05, 3.63) is 65.7 Å². The molecule has 3 aromatic rings. The fourth-order valence-electron chi connectivity index (χ4n) is 3.91. The van der Waals surface area contributed by atoms with Gasteiger partial charge in [-0.2, -0.15) is 0 Å². The molecule has 1 unspecified atom stereocenters. The third-order valence-corrected chi connectivity index (χ3v) is 5.43. The Morgan fingerprint density at radius 2 is 1.85 bits per heavy atom. The predicted octanol–water partition coefficient (Wildman–Crippen LogP) is 5.22. The molecular weight excluding hydrogens is 320 g/mol. The van der Waals surface area contributed by atoms with Gasteiger partial charge in [-0.1, -0.05) is 42.5 Å². The summed E-state index contributed by atoms with van der Waals surface area (Å²) >= 11 is 0. The third-order valence-electron chi connectivity index (χ3n) is 5.43. The lowest BCUT2D eigenvalue weighted by Gasteiger charge is -2.33.